The summed E-state index contributed by atoms with van der Waals surface area (Å²) in [6, 6.07) is 16.0. The molecule has 128 valence electrons. The van der Waals surface area contributed by atoms with Crippen molar-refractivity contribution in [1.82, 2.24) is 5.32 Å². The second-order valence-corrected chi connectivity index (χ2v) is 5.94. The average molecular weight is 327 g/mol. The molecule has 0 saturated carbocycles. The minimum atomic E-state index is -0.127. The van der Waals surface area contributed by atoms with Gasteiger partial charge in [0.25, 0.3) is 5.91 Å². The van der Waals surface area contributed by atoms with Crippen molar-refractivity contribution in [3.63, 3.8) is 0 Å². The van der Waals surface area contributed by atoms with Crippen LogP contribution in [0.25, 0.3) is 0 Å². The number of amides is 1. The van der Waals surface area contributed by atoms with Gasteiger partial charge in [-0.3, -0.25) is 4.79 Å². The van der Waals surface area contributed by atoms with Crippen molar-refractivity contribution in [2.45, 2.75) is 32.7 Å². The molecular formula is C20H25NO3. The Hall–Kier alpha value is -2.49. The van der Waals surface area contributed by atoms with E-state index >= 15 is 0 Å². The molecule has 1 N–H and O–H groups in total. The van der Waals surface area contributed by atoms with Crippen LogP contribution in [-0.4, -0.2) is 25.7 Å². The number of rotatable bonds is 8. The first kappa shape index (κ1) is 17.9. The summed E-state index contributed by atoms with van der Waals surface area (Å²) in [6.45, 7) is 3.97. The molecule has 2 aromatic rings. The van der Waals surface area contributed by atoms with Crippen molar-refractivity contribution < 1.29 is 14.3 Å². The predicted molar refractivity (Wildman–Crippen MR) is 95.6 cm³/mol. The molecule has 0 radical (unpaired) electrons. The third-order valence-electron chi connectivity index (χ3n) is 3.79. The average Bonchev–Trinajstić information content (AvgIpc) is 2.59. The van der Waals surface area contributed by atoms with Crippen LogP contribution in [0.1, 0.15) is 24.5 Å². The molecule has 4 nitrogen and oxygen atoms in total. The Morgan fingerprint density at radius 2 is 1.88 bits per heavy atom. The minimum absolute atomic E-state index is 0.0188. The lowest BCUT2D eigenvalue weighted by molar-refractivity contribution is -0.123. The topological polar surface area (TPSA) is 47.6 Å². The van der Waals surface area contributed by atoms with Crippen LogP contribution in [0, 0.1) is 6.92 Å². The molecule has 24 heavy (non-hydrogen) atoms. The van der Waals surface area contributed by atoms with E-state index in [0.717, 1.165) is 18.4 Å². The van der Waals surface area contributed by atoms with Gasteiger partial charge >= 0.3 is 0 Å². The number of ether oxygens (including phenoxy) is 2. The maximum Gasteiger partial charge on any atom is 0.258 e. The molecule has 2 aromatic carbocycles. The monoisotopic (exact) mass is 327 g/mol. The molecular weight excluding hydrogens is 302 g/mol. The highest BCUT2D eigenvalue weighted by molar-refractivity contribution is 5.77. The fraction of sp³-hybridized carbons (Fsp3) is 0.350. The second kappa shape index (κ2) is 8.96. The molecule has 1 amide bonds. The lowest BCUT2D eigenvalue weighted by atomic mass is 10.1. The van der Waals surface area contributed by atoms with E-state index in [-0.39, 0.29) is 18.6 Å². The number of carbonyl (C=O) groups excluding carboxylic acids is 1. The van der Waals surface area contributed by atoms with E-state index in [1.54, 1.807) is 7.11 Å². The first-order valence-corrected chi connectivity index (χ1v) is 8.19. The van der Waals surface area contributed by atoms with Crippen LogP contribution in [-0.2, 0) is 11.2 Å². The van der Waals surface area contributed by atoms with E-state index in [4.69, 9.17) is 9.47 Å². The summed E-state index contributed by atoms with van der Waals surface area (Å²) in [7, 11) is 1.59. The van der Waals surface area contributed by atoms with Crippen molar-refractivity contribution in [1.29, 1.82) is 0 Å². The van der Waals surface area contributed by atoms with Crippen LogP contribution in [0.3, 0.4) is 0 Å². The Kier molecular flexibility index (Phi) is 6.67. The first-order valence-electron chi connectivity index (χ1n) is 8.19. The van der Waals surface area contributed by atoms with Gasteiger partial charge in [-0.05, 0) is 49.9 Å². The molecule has 0 aromatic heterocycles. The molecule has 0 unspecified atom stereocenters. The lowest BCUT2D eigenvalue weighted by Crippen LogP contribution is -2.36. The van der Waals surface area contributed by atoms with E-state index < -0.39 is 0 Å². The standard InChI is InChI=1S/C20H25NO3/c1-15-9-12-18(19(13-15)23-3)24-14-20(22)21-16(2)10-11-17-7-5-4-6-8-17/h4-9,12-13,16H,10-11,14H2,1-3H3,(H,21,22)/t16-/m0/s1. The fourth-order valence-corrected chi connectivity index (χ4v) is 2.45. The van der Waals surface area contributed by atoms with Crippen molar-refractivity contribution in [3.8, 4) is 11.5 Å². The van der Waals surface area contributed by atoms with Gasteiger partial charge in [-0.2, -0.15) is 0 Å². The zero-order valence-corrected chi connectivity index (χ0v) is 14.5. The molecule has 0 spiro atoms. The number of hydrogen-bond donors (Lipinski definition) is 1. The molecule has 0 heterocycles. The summed E-state index contributed by atoms with van der Waals surface area (Å²) in [6.07, 6.45) is 1.83. The molecule has 0 aliphatic heterocycles. The number of aryl methyl sites for hydroxylation is 2. The predicted octanol–water partition coefficient (Wildman–Crippen LogP) is 3.52. The number of hydrogen-bond acceptors (Lipinski definition) is 3. The second-order valence-electron chi connectivity index (χ2n) is 5.94. The summed E-state index contributed by atoms with van der Waals surface area (Å²) < 4.78 is 10.8. The molecule has 2 rings (SSSR count). The Labute approximate surface area is 143 Å². The van der Waals surface area contributed by atoms with Crippen LogP contribution in [0.2, 0.25) is 0 Å². The van der Waals surface area contributed by atoms with E-state index in [9.17, 15) is 4.79 Å². The van der Waals surface area contributed by atoms with E-state index in [1.165, 1.54) is 5.56 Å². The summed E-state index contributed by atoms with van der Waals surface area (Å²) >= 11 is 0. The van der Waals surface area contributed by atoms with Crippen LogP contribution in [0.4, 0.5) is 0 Å². The molecule has 4 heteroatoms. The summed E-state index contributed by atoms with van der Waals surface area (Å²) in [5.74, 6) is 1.09. The van der Waals surface area contributed by atoms with Crippen LogP contribution in [0.15, 0.2) is 48.5 Å². The van der Waals surface area contributed by atoms with Crippen LogP contribution >= 0.6 is 0 Å². The van der Waals surface area contributed by atoms with E-state index in [1.807, 2.05) is 50.2 Å². The number of carbonyl (C=O) groups is 1. The maximum absolute atomic E-state index is 12.0. The van der Waals surface area contributed by atoms with Gasteiger partial charge in [0, 0.05) is 6.04 Å². The maximum atomic E-state index is 12.0. The lowest BCUT2D eigenvalue weighted by Gasteiger charge is -2.15. The quantitative estimate of drug-likeness (QED) is 0.807. The van der Waals surface area contributed by atoms with Crippen LogP contribution in [0.5, 0.6) is 11.5 Å². The molecule has 1 atom stereocenters. The number of nitrogens with one attached hydrogen (secondary N) is 1. The van der Waals surface area contributed by atoms with Crippen molar-refractivity contribution >= 4 is 5.91 Å². The summed E-state index contributed by atoms with van der Waals surface area (Å²) in [4.78, 5) is 12.0. The highest BCUT2D eigenvalue weighted by Gasteiger charge is 2.10. The van der Waals surface area contributed by atoms with Gasteiger partial charge in [0.2, 0.25) is 0 Å². The van der Waals surface area contributed by atoms with Gasteiger partial charge in [0.1, 0.15) is 0 Å². The van der Waals surface area contributed by atoms with Gasteiger partial charge in [0.15, 0.2) is 18.1 Å². The normalized spacial score (nSPS) is 11.6. The molecule has 0 aliphatic carbocycles. The van der Waals surface area contributed by atoms with E-state index in [0.29, 0.717) is 11.5 Å². The van der Waals surface area contributed by atoms with Gasteiger partial charge in [0.05, 0.1) is 7.11 Å². The highest BCUT2D eigenvalue weighted by Crippen LogP contribution is 2.27. The van der Waals surface area contributed by atoms with Crippen LogP contribution < -0.4 is 14.8 Å². The SMILES string of the molecule is COc1cc(C)ccc1OCC(=O)N[C@@H](C)CCc1ccccc1. The zero-order chi connectivity index (χ0) is 17.4. The Morgan fingerprint density at radius 1 is 1.12 bits per heavy atom. The Bertz CT molecular complexity index is 655. The van der Waals surface area contributed by atoms with E-state index in [2.05, 4.69) is 17.4 Å². The molecule has 0 fully saturated rings. The molecule has 0 aliphatic rings. The van der Waals surface area contributed by atoms with Crippen molar-refractivity contribution in [2.75, 3.05) is 13.7 Å². The number of methoxy groups -OCH3 is 1. The minimum Gasteiger partial charge on any atom is -0.493 e. The largest absolute Gasteiger partial charge is 0.493 e. The van der Waals surface area contributed by atoms with Gasteiger partial charge in [-0.25, -0.2) is 0 Å². The van der Waals surface area contributed by atoms with Crippen molar-refractivity contribution in [2.24, 2.45) is 0 Å². The van der Waals surface area contributed by atoms with Gasteiger partial charge in [-0.15, -0.1) is 0 Å². The number of benzene rings is 2. The Balaban J connectivity index is 1.76. The van der Waals surface area contributed by atoms with Gasteiger partial charge in [-0.1, -0.05) is 36.4 Å². The molecule has 0 saturated heterocycles. The molecule has 0 bridgehead atoms. The zero-order valence-electron chi connectivity index (χ0n) is 14.5. The van der Waals surface area contributed by atoms with Crippen molar-refractivity contribution in [3.05, 3.63) is 59.7 Å². The highest BCUT2D eigenvalue weighted by atomic mass is 16.5. The smallest absolute Gasteiger partial charge is 0.258 e. The first-order chi connectivity index (χ1) is 11.6. The third-order valence-corrected chi connectivity index (χ3v) is 3.79. The summed E-state index contributed by atoms with van der Waals surface area (Å²) in [5.41, 5.74) is 2.36. The summed E-state index contributed by atoms with van der Waals surface area (Å²) in [5, 5.41) is 2.96. The fourth-order valence-electron chi connectivity index (χ4n) is 2.45. The third kappa shape index (κ3) is 5.61. The van der Waals surface area contributed by atoms with Gasteiger partial charge < -0.3 is 14.8 Å². The Morgan fingerprint density at radius 3 is 2.58 bits per heavy atom.